The van der Waals surface area contributed by atoms with Gasteiger partial charge in [-0.05, 0) is 19.4 Å². The highest BCUT2D eigenvalue weighted by atomic mass is 32.2. The molecule has 0 atom stereocenters. The van der Waals surface area contributed by atoms with Crippen LogP contribution in [-0.4, -0.2) is 31.7 Å². The van der Waals surface area contributed by atoms with Crippen LogP contribution in [0.25, 0.3) is 0 Å². The molecule has 0 spiro atoms. The quantitative estimate of drug-likeness (QED) is 0.430. The molecule has 0 bridgehead atoms. The van der Waals surface area contributed by atoms with E-state index < -0.39 is 33.4 Å². The molecule has 0 heterocycles. The van der Waals surface area contributed by atoms with Gasteiger partial charge in [0.2, 0.25) is 0 Å². The number of halogens is 9. The summed E-state index contributed by atoms with van der Waals surface area (Å²) >= 11 is 0. The maximum atomic E-state index is 13.0. The molecule has 0 aromatic carbocycles. The highest BCUT2D eigenvalue weighted by Crippen LogP contribution is 2.54. The van der Waals surface area contributed by atoms with Crippen molar-refractivity contribution >= 4 is 10.1 Å². The zero-order valence-corrected chi connectivity index (χ0v) is 10.9. The molecule has 0 N–H and O–H groups in total. The summed E-state index contributed by atoms with van der Waals surface area (Å²) in [5, 5.41) is -6.83. The molecule has 3 nitrogen and oxygen atoms in total. The van der Waals surface area contributed by atoms with Crippen molar-refractivity contribution in [1.29, 1.82) is 0 Å². The van der Waals surface area contributed by atoms with Gasteiger partial charge < -0.3 is 4.18 Å². The van der Waals surface area contributed by atoms with Crippen molar-refractivity contribution in [2.24, 2.45) is 0 Å². The molecule has 0 aromatic heterocycles. The normalized spacial score (nSPS) is 14.8. The van der Waals surface area contributed by atoms with Crippen LogP contribution in [0.4, 0.5) is 39.5 Å². The first-order valence-electron chi connectivity index (χ1n) is 4.68. The zero-order valence-electron chi connectivity index (χ0n) is 10.1. The Morgan fingerprint density at radius 1 is 0.857 bits per heavy atom. The molecule has 0 amide bonds. The van der Waals surface area contributed by atoms with Crippen LogP contribution in [0.2, 0.25) is 0 Å². The number of hydrogen-bond donors (Lipinski definition) is 0. The van der Waals surface area contributed by atoms with Crippen molar-refractivity contribution in [2.45, 2.75) is 37.1 Å². The second-order valence-corrected chi connectivity index (χ2v) is 5.52. The van der Waals surface area contributed by atoms with Gasteiger partial charge in [0.1, 0.15) is 6.26 Å². The Morgan fingerprint density at radius 2 is 1.24 bits per heavy atom. The summed E-state index contributed by atoms with van der Waals surface area (Å²) < 4.78 is 136. The minimum absolute atomic E-state index is 0.0228. The molecule has 0 aliphatic rings. The lowest BCUT2D eigenvalue weighted by molar-refractivity contribution is -0.382. The van der Waals surface area contributed by atoms with E-state index in [0.29, 0.717) is 0 Å². The van der Waals surface area contributed by atoms with Crippen LogP contribution in [0.3, 0.4) is 0 Å². The summed E-state index contributed by atoms with van der Waals surface area (Å²) in [5.74, 6) is -14.6. The second-order valence-electron chi connectivity index (χ2n) is 3.91. The third kappa shape index (κ3) is 3.21. The van der Waals surface area contributed by atoms with E-state index in [2.05, 4.69) is 4.18 Å². The highest BCUT2D eigenvalue weighted by Gasteiger charge is 2.86. The first-order chi connectivity index (χ1) is 8.92. The van der Waals surface area contributed by atoms with E-state index in [1.165, 1.54) is 0 Å². The molecule has 0 saturated heterocycles. The monoisotopic (exact) mass is 354 g/mol. The zero-order chi connectivity index (χ0) is 17.5. The van der Waals surface area contributed by atoms with Gasteiger partial charge in [0.05, 0.1) is 0 Å². The predicted molar refractivity (Wildman–Crippen MR) is 50.3 cm³/mol. The van der Waals surface area contributed by atoms with Crippen LogP contribution in [0.1, 0.15) is 13.8 Å². The third-order valence-electron chi connectivity index (χ3n) is 1.84. The molecule has 0 fully saturated rings. The smallest absolute Gasteiger partial charge is 0.386 e. The Balaban J connectivity index is 5.96. The van der Waals surface area contributed by atoms with Crippen LogP contribution in [-0.2, 0) is 14.3 Å². The van der Waals surface area contributed by atoms with Crippen molar-refractivity contribution in [3.63, 3.8) is 0 Å². The topological polar surface area (TPSA) is 43.4 Å². The third-order valence-corrected chi connectivity index (χ3v) is 3.07. The lowest BCUT2D eigenvalue weighted by Crippen LogP contribution is -2.63. The first-order valence-corrected chi connectivity index (χ1v) is 6.09. The highest BCUT2D eigenvalue weighted by molar-refractivity contribution is 7.88. The fourth-order valence-electron chi connectivity index (χ4n) is 0.738. The van der Waals surface area contributed by atoms with Crippen molar-refractivity contribution in [1.82, 2.24) is 0 Å². The van der Waals surface area contributed by atoms with Gasteiger partial charge in [0, 0.05) is 0 Å². The van der Waals surface area contributed by atoms with E-state index in [1.807, 2.05) is 0 Å². The number of hydrogen-bond acceptors (Lipinski definition) is 3. The molecule has 21 heavy (non-hydrogen) atoms. The maximum Gasteiger partial charge on any atom is 0.460 e. The van der Waals surface area contributed by atoms with Crippen molar-refractivity contribution in [3.05, 3.63) is 11.8 Å². The molecular formula is C8H7F9O3S. The maximum absolute atomic E-state index is 13.0. The number of rotatable bonds is 5. The summed E-state index contributed by atoms with van der Waals surface area (Å²) in [5.41, 5.74) is -0.166. The van der Waals surface area contributed by atoms with Gasteiger partial charge in [-0.3, -0.25) is 0 Å². The van der Waals surface area contributed by atoms with Gasteiger partial charge in [-0.15, -0.1) is 0 Å². The standard InChI is InChI=1S/C8H7F9O3S/c1-4(2)3-20-21(18,19)8(16,17)6(11,12)5(9,10)7(13,14)15/h3H,1-2H3. The minimum Gasteiger partial charge on any atom is -0.386 e. The minimum atomic E-state index is -7.30. The average Bonchev–Trinajstić information content (AvgIpc) is 2.24. The summed E-state index contributed by atoms with van der Waals surface area (Å²) in [6.07, 6.45) is -7.13. The van der Waals surface area contributed by atoms with Crippen molar-refractivity contribution in [3.8, 4) is 0 Å². The molecule has 0 unspecified atom stereocenters. The molecule has 0 radical (unpaired) electrons. The molecule has 0 aliphatic heterocycles. The summed E-state index contributed by atoms with van der Waals surface area (Å²) in [6, 6.07) is 0. The average molecular weight is 354 g/mol. The van der Waals surface area contributed by atoms with E-state index in [4.69, 9.17) is 0 Å². The lowest BCUT2D eigenvalue weighted by Gasteiger charge is -2.32. The van der Waals surface area contributed by atoms with Crippen LogP contribution < -0.4 is 0 Å². The molecule has 13 heteroatoms. The summed E-state index contributed by atoms with van der Waals surface area (Å²) in [7, 11) is -6.80. The SMILES string of the molecule is CC(C)=COS(=O)(=O)C(F)(F)C(F)(F)C(F)(F)C(F)(F)F. The molecular weight excluding hydrogens is 347 g/mol. The Morgan fingerprint density at radius 3 is 1.52 bits per heavy atom. The van der Waals surface area contributed by atoms with Gasteiger partial charge >= 0.3 is 33.4 Å². The van der Waals surface area contributed by atoms with Gasteiger partial charge in [-0.25, -0.2) is 0 Å². The number of allylic oxidation sites excluding steroid dienone is 1. The van der Waals surface area contributed by atoms with Gasteiger partial charge in [-0.2, -0.15) is 47.9 Å². The fourth-order valence-corrected chi connectivity index (χ4v) is 1.62. The molecule has 0 aromatic rings. The van der Waals surface area contributed by atoms with Crippen LogP contribution in [0.5, 0.6) is 0 Å². The van der Waals surface area contributed by atoms with E-state index in [-0.39, 0.29) is 11.8 Å². The molecule has 126 valence electrons. The van der Waals surface area contributed by atoms with E-state index in [0.717, 1.165) is 13.8 Å². The Kier molecular flexibility index (Phi) is 4.96. The molecule has 0 aliphatic carbocycles. The van der Waals surface area contributed by atoms with E-state index >= 15 is 0 Å². The largest absolute Gasteiger partial charge is 0.460 e. The number of alkyl halides is 9. The van der Waals surface area contributed by atoms with Gasteiger partial charge in [-0.1, -0.05) is 0 Å². The van der Waals surface area contributed by atoms with Crippen LogP contribution in [0.15, 0.2) is 11.8 Å². The van der Waals surface area contributed by atoms with Gasteiger partial charge in [0.15, 0.2) is 0 Å². The van der Waals surface area contributed by atoms with E-state index in [1.54, 1.807) is 0 Å². The van der Waals surface area contributed by atoms with Crippen molar-refractivity contribution in [2.75, 3.05) is 0 Å². The van der Waals surface area contributed by atoms with Crippen molar-refractivity contribution < 1.29 is 52.1 Å². The molecule has 0 saturated carbocycles. The Bertz CT molecular complexity index is 514. The van der Waals surface area contributed by atoms with Gasteiger partial charge in [0.25, 0.3) is 0 Å². The molecule has 0 rings (SSSR count). The summed E-state index contributed by atoms with van der Waals surface area (Å²) in [6.45, 7) is 2.10. The fraction of sp³-hybridized carbons (Fsp3) is 0.750. The first kappa shape index (κ1) is 19.9. The second kappa shape index (κ2) is 5.25. The Hall–Kier alpha value is -1.14. The Labute approximate surface area is 112 Å². The van der Waals surface area contributed by atoms with Crippen LogP contribution >= 0.6 is 0 Å². The predicted octanol–water partition coefficient (Wildman–Crippen LogP) is 3.68. The van der Waals surface area contributed by atoms with E-state index in [9.17, 15) is 47.9 Å². The summed E-state index contributed by atoms with van der Waals surface area (Å²) in [4.78, 5) is 0. The van der Waals surface area contributed by atoms with Crippen LogP contribution in [0, 0.1) is 0 Å². The lowest BCUT2D eigenvalue weighted by atomic mass is 10.1.